The van der Waals surface area contributed by atoms with Gasteiger partial charge in [0.2, 0.25) is 5.91 Å². The minimum atomic E-state index is -0.268. The van der Waals surface area contributed by atoms with Crippen LogP contribution in [0.3, 0.4) is 0 Å². The number of methoxy groups -OCH3 is 1. The van der Waals surface area contributed by atoms with E-state index in [4.69, 9.17) is 14.2 Å². The van der Waals surface area contributed by atoms with Crippen molar-refractivity contribution in [3.8, 4) is 5.75 Å². The van der Waals surface area contributed by atoms with E-state index >= 15 is 0 Å². The van der Waals surface area contributed by atoms with Crippen LogP contribution in [0.5, 0.6) is 5.75 Å². The van der Waals surface area contributed by atoms with E-state index in [-0.39, 0.29) is 24.0 Å². The number of hydrogen-bond donors (Lipinski definition) is 1. The van der Waals surface area contributed by atoms with E-state index in [9.17, 15) is 4.79 Å². The van der Waals surface area contributed by atoms with E-state index in [1.807, 2.05) is 48.0 Å². The smallest absolute Gasteiger partial charge is 0.226 e. The molecule has 152 valence electrons. The molecule has 0 saturated carbocycles. The molecule has 0 aliphatic carbocycles. The van der Waals surface area contributed by atoms with E-state index in [0.29, 0.717) is 26.2 Å². The van der Waals surface area contributed by atoms with Gasteiger partial charge in [-0.3, -0.25) is 9.48 Å². The van der Waals surface area contributed by atoms with E-state index < -0.39 is 0 Å². The van der Waals surface area contributed by atoms with Gasteiger partial charge in [-0.2, -0.15) is 5.10 Å². The molecule has 3 rings (SSSR count). The molecule has 1 amide bonds. The molecular formula is C21H29N3O4. The van der Waals surface area contributed by atoms with E-state index in [2.05, 4.69) is 10.4 Å². The molecule has 1 aliphatic heterocycles. The van der Waals surface area contributed by atoms with E-state index in [1.165, 1.54) is 0 Å². The highest BCUT2D eigenvalue weighted by Gasteiger charge is 2.37. The molecule has 0 bridgehead atoms. The lowest BCUT2D eigenvalue weighted by molar-refractivity contribution is -0.127. The van der Waals surface area contributed by atoms with Crippen molar-refractivity contribution in [1.82, 2.24) is 15.1 Å². The highest BCUT2D eigenvalue weighted by atomic mass is 16.5. The van der Waals surface area contributed by atoms with Gasteiger partial charge in [-0.25, -0.2) is 0 Å². The fourth-order valence-corrected chi connectivity index (χ4v) is 3.43. The molecule has 7 heteroatoms. The number of hydrogen-bond acceptors (Lipinski definition) is 5. The Morgan fingerprint density at radius 3 is 2.96 bits per heavy atom. The SMILES string of the molecule is COCCCn1nccc1[C@H]1OCC[C@@H]1C(=O)NC[C@@H](C)Oc1ccccc1. The summed E-state index contributed by atoms with van der Waals surface area (Å²) in [5.41, 5.74) is 0.947. The van der Waals surface area contributed by atoms with Crippen LogP contribution in [0.15, 0.2) is 42.6 Å². The Hall–Kier alpha value is -2.38. The first kappa shape index (κ1) is 20.4. The van der Waals surface area contributed by atoms with Crippen molar-refractivity contribution in [2.75, 3.05) is 26.9 Å². The molecule has 1 aliphatic rings. The molecular weight excluding hydrogens is 358 g/mol. The molecule has 1 aromatic heterocycles. The van der Waals surface area contributed by atoms with Crippen LogP contribution in [-0.2, 0) is 20.8 Å². The van der Waals surface area contributed by atoms with Gasteiger partial charge in [0.1, 0.15) is 18.0 Å². The standard InChI is InChI=1S/C21H29N3O4/c1-16(28-17-7-4-3-5-8-17)15-22-21(25)18-10-14-27-20(18)19-9-11-23-24(19)12-6-13-26-2/h3-5,7-9,11,16,18,20H,6,10,12-15H2,1-2H3,(H,22,25)/t16-,18+,20+/m1/s1. The summed E-state index contributed by atoms with van der Waals surface area (Å²) < 4.78 is 18.8. The first-order chi connectivity index (χ1) is 13.7. The molecule has 1 fully saturated rings. The molecule has 0 radical (unpaired) electrons. The lowest BCUT2D eigenvalue weighted by atomic mass is 9.98. The number of para-hydroxylation sites is 1. The molecule has 1 N–H and O–H groups in total. The molecule has 1 saturated heterocycles. The summed E-state index contributed by atoms with van der Waals surface area (Å²) in [5, 5.41) is 7.39. The van der Waals surface area contributed by atoms with Gasteiger partial charge in [-0.05, 0) is 38.0 Å². The topological polar surface area (TPSA) is 74.6 Å². The largest absolute Gasteiger partial charge is 0.489 e. The molecule has 0 unspecified atom stereocenters. The highest BCUT2D eigenvalue weighted by molar-refractivity contribution is 5.79. The zero-order valence-corrected chi connectivity index (χ0v) is 16.5. The Morgan fingerprint density at radius 2 is 2.18 bits per heavy atom. The van der Waals surface area contributed by atoms with E-state index in [0.717, 1.165) is 24.4 Å². The number of aromatic nitrogens is 2. The van der Waals surface area contributed by atoms with Crippen molar-refractivity contribution in [2.45, 2.75) is 38.5 Å². The molecule has 2 heterocycles. The first-order valence-corrected chi connectivity index (χ1v) is 9.80. The van der Waals surface area contributed by atoms with Gasteiger partial charge < -0.3 is 19.5 Å². The maximum atomic E-state index is 12.8. The van der Waals surface area contributed by atoms with Crippen molar-refractivity contribution in [2.24, 2.45) is 5.92 Å². The zero-order valence-electron chi connectivity index (χ0n) is 16.5. The van der Waals surface area contributed by atoms with Gasteiger partial charge in [0.05, 0.1) is 18.2 Å². The number of carbonyl (C=O) groups is 1. The summed E-state index contributed by atoms with van der Waals surface area (Å²) in [6.45, 7) is 4.38. The van der Waals surface area contributed by atoms with Gasteiger partial charge in [-0.1, -0.05) is 18.2 Å². The molecule has 1 aromatic carbocycles. The number of rotatable bonds is 10. The number of aryl methyl sites for hydroxylation is 1. The van der Waals surface area contributed by atoms with Gasteiger partial charge >= 0.3 is 0 Å². The van der Waals surface area contributed by atoms with Gasteiger partial charge in [0, 0.05) is 33.1 Å². The lowest BCUT2D eigenvalue weighted by Gasteiger charge is -2.21. The Balaban J connectivity index is 1.54. The van der Waals surface area contributed by atoms with Crippen LogP contribution in [0.2, 0.25) is 0 Å². The maximum absolute atomic E-state index is 12.8. The Morgan fingerprint density at radius 1 is 1.36 bits per heavy atom. The quantitative estimate of drug-likeness (QED) is 0.634. The fraction of sp³-hybridized carbons (Fsp3) is 0.524. The zero-order chi connectivity index (χ0) is 19.8. The monoisotopic (exact) mass is 387 g/mol. The lowest BCUT2D eigenvalue weighted by Crippen LogP contribution is -2.38. The molecule has 28 heavy (non-hydrogen) atoms. The average Bonchev–Trinajstić information content (AvgIpc) is 3.36. The summed E-state index contributed by atoms with van der Waals surface area (Å²) in [6.07, 6.45) is 2.94. The van der Waals surface area contributed by atoms with Crippen LogP contribution in [0.25, 0.3) is 0 Å². The normalized spacial score (nSPS) is 20.1. The van der Waals surface area contributed by atoms with E-state index in [1.54, 1.807) is 13.3 Å². The minimum Gasteiger partial charge on any atom is -0.489 e. The molecule has 3 atom stereocenters. The van der Waals surface area contributed by atoms with Crippen molar-refractivity contribution >= 4 is 5.91 Å². The fourth-order valence-electron chi connectivity index (χ4n) is 3.43. The first-order valence-electron chi connectivity index (χ1n) is 9.80. The summed E-state index contributed by atoms with van der Waals surface area (Å²) in [6, 6.07) is 11.5. The number of benzene rings is 1. The second-order valence-electron chi connectivity index (χ2n) is 7.00. The second-order valence-corrected chi connectivity index (χ2v) is 7.00. The van der Waals surface area contributed by atoms with Crippen LogP contribution in [0, 0.1) is 5.92 Å². The van der Waals surface area contributed by atoms with Crippen molar-refractivity contribution in [3.63, 3.8) is 0 Å². The summed E-state index contributed by atoms with van der Waals surface area (Å²) in [5.74, 6) is 0.573. The number of nitrogens with zero attached hydrogens (tertiary/aromatic N) is 2. The number of amides is 1. The van der Waals surface area contributed by atoms with Crippen LogP contribution in [0.1, 0.15) is 31.6 Å². The van der Waals surface area contributed by atoms with Gasteiger partial charge in [0.15, 0.2) is 0 Å². The van der Waals surface area contributed by atoms with Crippen LogP contribution in [0.4, 0.5) is 0 Å². The minimum absolute atomic E-state index is 0.00402. The van der Waals surface area contributed by atoms with Crippen LogP contribution in [-0.4, -0.2) is 48.7 Å². The maximum Gasteiger partial charge on any atom is 0.226 e. The Kier molecular flexibility index (Phi) is 7.45. The van der Waals surface area contributed by atoms with Crippen molar-refractivity contribution < 1.29 is 19.0 Å². The van der Waals surface area contributed by atoms with Gasteiger partial charge in [0.25, 0.3) is 0 Å². The summed E-state index contributed by atoms with van der Waals surface area (Å²) >= 11 is 0. The predicted molar refractivity (Wildman–Crippen MR) is 105 cm³/mol. The summed E-state index contributed by atoms with van der Waals surface area (Å²) in [7, 11) is 1.69. The number of ether oxygens (including phenoxy) is 3. The number of carbonyl (C=O) groups excluding carboxylic acids is 1. The Bertz CT molecular complexity index is 734. The van der Waals surface area contributed by atoms with Crippen LogP contribution >= 0.6 is 0 Å². The third-order valence-electron chi connectivity index (χ3n) is 4.83. The molecule has 0 spiro atoms. The third-order valence-corrected chi connectivity index (χ3v) is 4.83. The number of nitrogens with one attached hydrogen (secondary N) is 1. The molecule has 7 nitrogen and oxygen atoms in total. The predicted octanol–water partition coefficient (Wildman–Crippen LogP) is 2.58. The van der Waals surface area contributed by atoms with Crippen molar-refractivity contribution in [3.05, 3.63) is 48.3 Å². The highest BCUT2D eigenvalue weighted by Crippen LogP contribution is 2.34. The third kappa shape index (κ3) is 5.33. The van der Waals surface area contributed by atoms with Crippen LogP contribution < -0.4 is 10.1 Å². The second kappa shape index (κ2) is 10.2. The average molecular weight is 387 g/mol. The Labute approximate surface area is 166 Å². The molecule has 2 aromatic rings. The summed E-state index contributed by atoms with van der Waals surface area (Å²) in [4.78, 5) is 12.8. The van der Waals surface area contributed by atoms with Gasteiger partial charge in [-0.15, -0.1) is 0 Å². The van der Waals surface area contributed by atoms with Crippen molar-refractivity contribution in [1.29, 1.82) is 0 Å².